The van der Waals surface area contributed by atoms with E-state index in [2.05, 4.69) is 15.3 Å². The number of hydrogen-bond acceptors (Lipinski definition) is 4. The molecule has 1 aliphatic carbocycles. The zero-order valence-electron chi connectivity index (χ0n) is 11.3. The largest absolute Gasteiger partial charge is 0.338 e. The van der Waals surface area contributed by atoms with E-state index in [0.29, 0.717) is 20.8 Å². The van der Waals surface area contributed by atoms with E-state index in [1.165, 1.54) is 16.9 Å². The van der Waals surface area contributed by atoms with Gasteiger partial charge < -0.3 is 5.32 Å². The summed E-state index contributed by atoms with van der Waals surface area (Å²) < 4.78 is 0. The Morgan fingerprint density at radius 1 is 1.00 bits per heavy atom. The Hall–Kier alpha value is -1.07. The van der Waals surface area contributed by atoms with Gasteiger partial charge in [0.1, 0.15) is 17.0 Å². The van der Waals surface area contributed by atoms with E-state index in [1.54, 1.807) is 29.8 Å². The van der Waals surface area contributed by atoms with E-state index in [9.17, 15) is 0 Å². The number of fused-ring (bicyclic) bond motifs is 3. The molecule has 0 fully saturated rings. The molecule has 22 heavy (non-hydrogen) atoms. The van der Waals surface area contributed by atoms with Crippen LogP contribution in [-0.4, -0.2) is 9.97 Å². The minimum Gasteiger partial charge on any atom is -0.338 e. The summed E-state index contributed by atoms with van der Waals surface area (Å²) in [5.41, 5.74) is 2.05. The minimum absolute atomic E-state index is 0.432. The molecule has 0 saturated heterocycles. The fraction of sp³-hybridized carbons (Fsp3) is 0.200. The van der Waals surface area contributed by atoms with E-state index in [4.69, 9.17) is 34.8 Å². The first-order chi connectivity index (χ1) is 10.6. The predicted molar refractivity (Wildman–Crippen MR) is 94.2 cm³/mol. The number of aromatic nitrogens is 2. The maximum Gasteiger partial charge on any atom is 0.142 e. The van der Waals surface area contributed by atoms with Crippen LogP contribution in [0.5, 0.6) is 0 Å². The molecular weight excluding hydrogens is 361 g/mol. The number of nitrogens with one attached hydrogen (secondary N) is 1. The van der Waals surface area contributed by atoms with Crippen molar-refractivity contribution in [2.45, 2.75) is 19.3 Å². The number of nitrogens with zero attached hydrogens (tertiary/aromatic N) is 2. The van der Waals surface area contributed by atoms with Gasteiger partial charge in [-0.1, -0.05) is 34.8 Å². The third kappa shape index (κ3) is 2.35. The Labute approximate surface area is 146 Å². The topological polar surface area (TPSA) is 37.8 Å². The molecule has 7 heteroatoms. The molecule has 1 N–H and O–H groups in total. The molecule has 0 spiro atoms. The second-order valence-electron chi connectivity index (χ2n) is 5.13. The van der Waals surface area contributed by atoms with Crippen LogP contribution >= 0.6 is 46.1 Å². The minimum atomic E-state index is 0.432. The standard InChI is InChI=1S/C15H10Cl3N3S/c16-8-4-10(18)11(5-9(8)17)21-14-13-7-2-1-3-12(7)22-15(13)20-6-19-14/h4-6H,1-3H2,(H,19,20,21). The molecule has 0 bridgehead atoms. The lowest BCUT2D eigenvalue weighted by Crippen LogP contribution is -1.97. The summed E-state index contributed by atoms with van der Waals surface area (Å²) in [5.74, 6) is 0.768. The maximum absolute atomic E-state index is 6.25. The van der Waals surface area contributed by atoms with Crippen LogP contribution in [0.25, 0.3) is 10.2 Å². The molecule has 0 radical (unpaired) electrons. The van der Waals surface area contributed by atoms with Crippen LogP contribution in [0, 0.1) is 0 Å². The molecule has 112 valence electrons. The Bertz CT molecular complexity index is 891. The molecule has 0 atom stereocenters. The molecule has 0 aliphatic heterocycles. The summed E-state index contributed by atoms with van der Waals surface area (Å²) in [5, 5.41) is 5.77. The first kappa shape index (κ1) is 14.5. The molecule has 0 unspecified atom stereocenters. The van der Waals surface area contributed by atoms with Gasteiger partial charge in [-0.3, -0.25) is 0 Å². The maximum atomic E-state index is 6.25. The Balaban J connectivity index is 1.84. The average Bonchev–Trinajstić information content (AvgIpc) is 3.05. The number of aryl methyl sites for hydroxylation is 2. The Morgan fingerprint density at radius 3 is 2.68 bits per heavy atom. The quantitative estimate of drug-likeness (QED) is 0.572. The number of anilines is 2. The smallest absolute Gasteiger partial charge is 0.142 e. The van der Waals surface area contributed by atoms with Crippen LogP contribution in [0.4, 0.5) is 11.5 Å². The van der Waals surface area contributed by atoms with Gasteiger partial charge in [0.2, 0.25) is 0 Å². The summed E-state index contributed by atoms with van der Waals surface area (Å²) in [4.78, 5) is 11.2. The van der Waals surface area contributed by atoms with Crippen molar-refractivity contribution in [2.75, 3.05) is 5.32 Å². The zero-order chi connectivity index (χ0) is 15.3. The zero-order valence-corrected chi connectivity index (χ0v) is 14.4. The van der Waals surface area contributed by atoms with Gasteiger partial charge in [-0.15, -0.1) is 11.3 Å². The van der Waals surface area contributed by atoms with Gasteiger partial charge in [0, 0.05) is 4.88 Å². The average molecular weight is 371 g/mol. The third-order valence-corrected chi connectivity index (χ3v) is 6.00. The van der Waals surface area contributed by atoms with Gasteiger partial charge in [0.05, 0.1) is 26.1 Å². The molecule has 1 aromatic carbocycles. The van der Waals surface area contributed by atoms with E-state index in [1.807, 2.05) is 0 Å². The Kier molecular flexibility index (Phi) is 3.65. The van der Waals surface area contributed by atoms with Crippen molar-refractivity contribution in [2.24, 2.45) is 0 Å². The number of halogens is 3. The lowest BCUT2D eigenvalue weighted by atomic mass is 10.2. The highest BCUT2D eigenvalue weighted by atomic mass is 35.5. The first-order valence-corrected chi connectivity index (χ1v) is 8.75. The second-order valence-corrected chi connectivity index (χ2v) is 7.44. The highest BCUT2D eigenvalue weighted by molar-refractivity contribution is 7.19. The van der Waals surface area contributed by atoms with E-state index in [0.717, 1.165) is 28.9 Å². The van der Waals surface area contributed by atoms with E-state index < -0.39 is 0 Å². The highest BCUT2D eigenvalue weighted by Gasteiger charge is 2.21. The summed E-state index contributed by atoms with van der Waals surface area (Å²) >= 11 is 20.1. The lowest BCUT2D eigenvalue weighted by molar-refractivity contribution is 0.917. The molecule has 3 aromatic rings. The van der Waals surface area contributed by atoms with Gasteiger partial charge in [0.15, 0.2) is 0 Å². The van der Waals surface area contributed by atoms with Gasteiger partial charge in [-0.05, 0) is 37.0 Å². The molecule has 0 amide bonds. The normalized spacial score (nSPS) is 13.6. The molecule has 3 nitrogen and oxygen atoms in total. The van der Waals surface area contributed by atoms with Crippen LogP contribution in [-0.2, 0) is 12.8 Å². The van der Waals surface area contributed by atoms with Crippen molar-refractivity contribution in [1.82, 2.24) is 9.97 Å². The van der Waals surface area contributed by atoms with Gasteiger partial charge in [-0.2, -0.15) is 0 Å². The monoisotopic (exact) mass is 369 g/mol. The molecule has 2 aromatic heterocycles. The second kappa shape index (κ2) is 5.53. The highest BCUT2D eigenvalue weighted by Crippen LogP contribution is 2.41. The molecule has 2 heterocycles. The predicted octanol–water partition coefficient (Wildman–Crippen LogP) is 5.88. The Morgan fingerprint density at radius 2 is 1.82 bits per heavy atom. The molecule has 4 rings (SSSR count). The van der Waals surface area contributed by atoms with Crippen LogP contribution in [0.2, 0.25) is 15.1 Å². The van der Waals surface area contributed by atoms with Crippen LogP contribution < -0.4 is 5.32 Å². The van der Waals surface area contributed by atoms with Crippen LogP contribution in [0.15, 0.2) is 18.5 Å². The molecule has 0 saturated carbocycles. The van der Waals surface area contributed by atoms with Gasteiger partial charge in [-0.25, -0.2) is 9.97 Å². The van der Waals surface area contributed by atoms with Crippen molar-refractivity contribution < 1.29 is 0 Å². The van der Waals surface area contributed by atoms with Crippen molar-refractivity contribution in [1.29, 1.82) is 0 Å². The molecular formula is C15H10Cl3N3S. The third-order valence-electron chi connectivity index (χ3n) is 3.76. The van der Waals surface area contributed by atoms with Crippen LogP contribution in [0.1, 0.15) is 16.9 Å². The van der Waals surface area contributed by atoms with Gasteiger partial charge >= 0.3 is 0 Å². The van der Waals surface area contributed by atoms with E-state index >= 15 is 0 Å². The number of thiophene rings is 1. The number of benzene rings is 1. The summed E-state index contributed by atoms with van der Waals surface area (Å²) in [6.45, 7) is 0. The first-order valence-electron chi connectivity index (χ1n) is 6.80. The molecule has 1 aliphatic rings. The number of hydrogen-bond donors (Lipinski definition) is 1. The lowest BCUT2D eigenvalue weighted by Gasteiger charge is -2.10. The fourth-order valence-corrected chi connectivity index (χ4v) is 4.59. The van der Waals surface area contributed by atoms with Crippen molar-refractivity contribution in [3.63, 3.8) is 0 Å². The van der Waals surface area contributed by atoms with Crippen molar-refractivity contribution in [3.8, 4) is 0 Å². The number of rotatable bonds is 2. The van der Waals surface area contributed by atoms with Crippen molar-refractivity contribution >= 4 is 67.9 Å². The SMILES string of the molecule is Clc1cc(Cl)c(Nc2ncnc3sc4c(c23)CCC4)cc1Cl. The van der Waals surface area contributed by atoms with E-state index in [-0.39, 0.29) is 0 Å². The summed E-state index contributed by atoms with van der Waals surface area (Å²) in [6.07, 6.45) is 4.97. The van der Waals surface area contributed by atoms with Gasteiger partial charge in [0.25, 0.3) is 0 Å². The summed E-state index contributed by atoms with van der Waals surface area (Å²) in [7, 11) is 0. The fourth-order valence-electron chi connectivity index (χ4n) is 2.77. The van der Waals surface area contributed by atoms with Crippen LogP contribution in [0.3, 0.4) is 0 Å². The van der Waals surface area contributed by atoms with Crippen molar-refractivity contribution in [3.05, 3.63) is 44.0 Å². The summed E-state index contributed by atoms with van der Waals surface area (Å²) in [6, 6.07) is 3.34.